The molecule has 4 atom stereocenters. The van der Waals surface area contributed by atoms with Crippen molar-refractivity contribution >= 4 is 17.1 Å². The molecule has 0 saturated carbocycles. The third-order valence-corrected chi connectivity index (χ3v) is 4.50. The number of anilines is 1. The van der Waals surface area contributed by atoms with Crippen molar-refractivity contribution in [1.29, 1.82) is 0 Å². The number of imidazole rings is 1. The molecule has 1 fully saturated rings. The van der Waals surface area contributed by atoms with Crippen LogP contribution in [-0.4, -0.2) is 54.7 Å². The van der Waals surface area contributed by atoms with Crippen molar-refractivity contribution < 1.29 is 19.7 Å². The molecule has 2 unspecified atom stereocenters. The van der Waals surface area contributed by atoms with Gasteiger partial charge < -0.3 is 25.4 Å². The van der Waals surface area contributed by atoms with E-state index in [1.807, 2.05) is 30.3 Å². The highest BCUT2D eigenvalue weighted by molar-refractivity contribution is 5.70. The summed E-state index contributed by atoms with van der Waals surface area (Å²) in [5.41, 5.74) is 6.38. The van der Waals surface area contributed by atoms with Crippen LogP contribution in [0.3, 0.4) is 0 Å². The summed E-state index contributed by atoms with van der Waals surface area (Å²) in [6.07, 6.45) is -2.17. The second-order valence-electron chi connectivity index (χ2n) is 6.27. The van der Waals surface area contributed by atoms with Gasteiger partial charge in [-0.15, -0.1) is 0 Å². The van der Waals surface area contributed by atoms with Gasteiger partial charge in [0.1, 0.15) is 18.3 Å². The van der Waals surface area contributed by atoms with Gasteiger partial charge in [0.2, 0.25) is 5.95 Å². The van der Waals surface area contributed by atoms with Crippen LogP contribution in [0.5, 0.6) is 0 Å². The third-order valence-electron chi connectivity index (χ3n) is 4.50. The number of aromatic nitrogens is 4. The summed E-state index contributed by atoms with van der Waals surface area (Å²) in [7, 11) is 0. The molecule has 10 nitrogen and oxygen atoms in total. The summed E-state index contributed by atoms with van der Waals surface area (Å²) in [4.78, 5) is 22.5. The standard InChI is InChI=1S/C17H19N5O5/c18-17-20-14-11(15(25)21-17)19-8-22(14)16-13(12(24)10(6-23)27-16)26-7-9-4-2-1-3-5-9/h1-5,8,10,12-13,16,23-24H,6-7H2,(H3,18,20,21,25)/t10-,12?,13?,16-/m1/s1. The van der Waals surface area contributed by atoms with Gasteiger partial charge in [0.05, 0.1) is 19.5 Å². The highest BCUT2D eigenvalue weighted by atomic mass is 16.6. The number of nitrogen functional groups attached to an aromatic ring is 1. The molecule has 1 aliphatic rings. The first-order valence-electron chi connectivity index (χ1n) is 8.40. The molecular weight excluding hydrogens is 354 g/mol. The molecule has 1 aliphatic heterocycles. The lowest BCUT2D eigenvalue weighted by atomic mass is 10.1. The zero-order valence-electron chi connectivity index (χ0n) is 14.2. The van der Waals surface area contributed by atoms with E-state index in [0.29, 0.717) is 0 Å². The molecule has 1 aromatic carbocycles. The van der Waals surface area contributed by atoms with Crippen molar-refractivity contribution in [2.45, 2.75) is 31.1 Å². The van der Waals surface area contributed by atoms with Crippen molar-refractivity contribution in [3.05, 3.63) is 52.6 Å². The summed E-state index contributed by atoms with van der Waals surface area (Å²) < 4.78 is 13.1. The number of hydrogen-bond donors (Lipinski definition) is 4. The third kappa shape index (κ3) is 3.19. The first-order chi connectivity index (χ1) is 13.1. The largest absolute Gasteiger partial charge is 0.394 e. The van der Waals surface area contributed by atoms with Gasteiger partial charge in [0.25, 0.3) is 5.56 Å². The molecule has 3 heterocycles. The van der Waals surface area contributed by atoms with Gasteiger partial charge in [0.15, 0.2) is 17.4 Å². The minimum Gasteiger partial charge on any atom is -0.394 e. The van der Waals surface area contributed by atoms with Crippen LogP contribution in [0.1, 0.15) is 11.8 Å². The number of aliphatic hydroxyl groups is 2. The molecule has 3 aromatic rings. The Morgan fingerprint density at radius 2 is 2.11 bits per heavy atom. The van der Waals surface area contributed by atoms with E-state index in [1.54, 1.807) is 0 Å². The van der Waals surface area contributed by atoms with Gasteiger partial charge in [-0.2, -0.15) is 4.98 Å². The van der Waals surface area contributed by atoms with E-state index in [9.17, 15) is 15.0 Å². The number of rotatable bonds is 5. The van der Waals surface area contributed by atoms with Gasteiger partial charge in [-0.1, -0.05) is 30.3 Å². The van der Waals surface area contributed by atoms with Crippen molar-refractivity contribution in [1.82, 2.24) is 19.5 Å². The number of hydrogen-bond acceptors (Lipinski definition) is 8. The van der Waals surface area contributed by atoms with E-state index >= 15 is 0 Å². The number of aromatic amines is 1. The quantitative estimate of drug-likeness (QED) is 0.469. The van der Waals surface area contributed by atoms with E-state index in [4.69, 9.17) is 15.2 Å². The lowest BCUT2D eigenvalue weighted by Crippen LogP contribution is -2.35. The molecule has 0 amide bonds. The Hall–Kier alpha value is -2.79. The van der Waals surface area contributed by atoms with Gasteiger partial charge in [-0.05, 0) is 5.56 Å². The van der Waals surface area contributed by atoms with Gasteiger partial charge in [0, 0.05) is 0 Å². The Bertz CT molecular complexity index is 988. The SMILES string of the molecule is Nc1nc2c(ncn2[C@@H]2O[C@H](CO)C(O)C2OCc2ccccc2)c(=O)[nH]1. The summed E-state index contributed by atoms with van der Waals surface area (Å²) in [6.45, 7) is -0.144. The van der Waals surface area contributed by atoms with E-state index < -0.39 is 30.1 Å². The molecule has 2 aromatic heterocycles. The highest BCUT2D eigenvalue weighted by Gasteiger charge is 2.46. The average molecular weight is 373 g/mol. The van der Waals surface area contributed by atoms with Crippen LogP contribution in [0.2, 0.25) is 0 Å². The minimum atomic E-state index is -1.07. The Morgan fingerprint density at radius 3 is 2.85 bits per heavy atom. The fourth-order valence-electron chi connectivity index (χ4n) is 3.17. The van der Waals surface area contributed by atoms with Crippen LogP contribution in [0.25, 0.3) is 11.2 Å². The molecule has 10 heteroatoms. The molecule has 5 N–H and O–H groups in total. The second kappa shape index (κ2) is 7.08. The van der Waals surface area contributed by atoms with E-state index in [0.717, 1.165) is 5.56 Å². The van der Waals surface area contributed by atoms with E-state index in [2.05, 4.69) is 15.0 Å². The molecule has 0 radical (unpaired) electrons. The first-order valence-corrected chi connectivity index (χ1v) is 8.40. The maximum absolute atomic E-state index is 12.0. The van der Waals surface area contributed by atoms with Gasteiger partial charge in [-0.25, -0.2) is 4.98 Å². The Balaban J connectivity index is 1.68. The number of aliphatic hydroxyl groups excluding tert-OH is 2. The molecule has 4 rings (SSSR count). The van der Waals surface area contributed by atoms with Crippen LogP contribution in [0.15, 0.2) is 41.5 Å². The molecule has 1 saturated heterocycles. The molecule has 142 valence electrons. The van der Waals surface area contributed by atoms with Crippen LogP contribution < -0.4 is 11.3 Å². The lowest BCUT2D eigenvalue weighted by molar-refractivity contribution is -0.0761. The summed E-state index contributed by atoms with van der Waals surface area (Å²) in [5.74, 6) is -0.0618. The number of H-pyrrole nitrogens is 1. The molecule has 27 heavy (non-hydrogen) atoms. The normalized spacial score (nSPS) is 25.3. The Kier molecular flexibility index (Phi) is 4.62. The average Bonchev–Trinajstić information content (AvgIpc) is 3.21. The van der Waals surface area contributed by atoms with Crippen LogP contribution in [-0.2, 0) is 16.1 Å². The molecule has 0 bridgehead atoms. The number of nitrogens with zero attached hydrogens (tertiary/aromatic N) is 3. The zero-order chi connectivity index (χ0) is 19.0. The maximum atomic E-state index is 12.0. The first kappa shape index (κ1) is 17.6. The van der Waals surface area contributed by atoms with Gasteiger partial charge >= 0.3 is 0 Å². The van der Waals surface area contributed by atoms with Crippen molar-refractivity contribution in [3.8, 4) is 0 Å². The van der Waals surface area contributed by atoms with Crippen LogP contribution in [0.4, 0.5) is 5.95 Å². The number of fused-ring (bicyclic) bond motifs is 1. The number of ether oxygens (including phenoxy) is 2. The van der Waals surface area contributed by atoms with Crippen molar-refractivity contribution in [2.24, 2.45) is 0 Å². The van der Waals surface area contributed by atoms with Crippen molar-refractivity contribution in [3.63, 3.8) is 0 Å². The molecular formula is C17H19N5O5. The number of nitrogens with two attached hydrogens (primary N) is 1. The summed E-state index contributed by atoms with van der Waals surface area (Å²) in [6, 6.07) is 9.46. The fraction of sp³-hybridized carbons (Fsp3) is 0.353. The fourth-order valence-corrected chi connectivity index (χ4v) is 3.17. The predicted molar refractivity (Wildman–Crippen MR) is 94.6 cm³/mol. The summed E-state index contributed by atoms with van der Waals surface area (Å²) >= 11 is 0. The summed E-state index contributed by atoms with van der Waals surface area (Å²) in [5, 5.41) is 20.0. The number of benzene rings is 1. The van der Waals surface area contributed by atoms with Crippen LogP contribution >= 0.6 is 0 Å². The molecule has 0 aliphatic carbocycles. The topological polar surface area (TPSA) is 149 Å². The minimum absolute atomic E-state index is 0.0618. The smallest absolute Gasteiger partial charge is 0.280 e. The van der Waals surface area contributed by atoms with E-state index in [1.165, 1.54) is 10.9 Å². The van der Waals surface area contributed by atoms with E-state index in [-0.39, 0.29) is 30.3 Å². The van der Waals surface area contributed by atoms with Gasteiger partial charge in [-0.3, -0.25) is 14.3 Å². The van der Waals surface area contributed by atoms with Crippen LogP contribution in [0, 0.1) is 0 Å². The number of nitrogens with one attached hydrogen (secondary N) is 1. The second-order valence-corrected chi connectivity index (χ2v) is 6.27. The predicted octanol–water partition coefficient (Wildman–Crippen LogP) is -0.462. The maximum Gasteiger partial charge on any atom is 0.280 e. The Morgan fingerprint density at radius 1 is 1.33 bits per heavy atom. The monoisotopic (exact) mass is 373 g/mol. The van der Waals surface area contributed by atoms with Crippen molar-refractivity contribution in [2.75, 3.05) is 12.3 Å². The highest BCUT2D eigenvalue weighted by Crippen LogP contribution is 2.33. The zero-order valence-corrected chi connectivity index (χ0v) is 14.2. The Labute approximate surface area is 153 Å². The lowest BCUT2D eigenvalue weighted by Gasteiger charge is -2.22. The molecule has 0 spiro atoms.